The second-order valence-corrected chi connectivity index (χ2v) is 4.16. The maximum absolute atomic E-state index is 5.01. The Bertz CT molecular complexity index is 388. The van der Waals surface area contributed by atoms with Crippen molar-refractivity contribution in [2.24, 2.45) is 0 Å². The van der Waals surface area contributed by atoms with Crippen molar-refractivity contribution in [3.05, 3.63) is 9.54 Å². The lowest BCUT2D eigenvalue weighted by Gasteiger charge is -2.26. The van der Waals surface area contributed by atoms with Crippen LogP contribution in [0.4, 0.5) is 5.95 Å². The summed E-state index contributed by atoms with van der Waals surface area (Å²) in [5.41, 5.74) is 0. The minimum atomic E-state index is 0.453. The molecule has 1 aromatic rings. The fourth-order valence-electron chi connectivity index (χ4n) is 1.64. The molecule has 1 aliphatic rings. The van der Waals surface area contributed by atoms with E-state index in [1.54, 1.807) is 0 Å². The lowest BCUT2D eigenvalue weighted by molar-refractivity contribution is 0.566. The van der Waals surface area contributed by atoms with Crippen molar-refractivity contribution in [3.63, 3.8) is 0 Å². The molecule has 1 fully saturated rings. The average molecular weight is 228 g/mol. The molecule has 0 unspecified atom stereocenters. The van der Waals surface area contributed by atoms with Gasteiger partial charge >= 0.3 is 0 Å². The lowest BCUT2D eigenvalue weighted by Crippen LogP contribution is -2.31. The molecule has 0 saturated carbocycles. The molecule has 76 valence electrons. The molecule has 0 radical (unpaired) electrons. The summed E-state index contributed by atoms with van der Waals surface area (Å²) in [7, 11) is 0. The van der Waals surface area contributed by atoms with Crippen LogP contribution >= 0.6 is 24.4 Å². The van der Waals surface area contributed by atoms with Crippen LogP contribution in [-0.2, 0) is 0 Å². The highest BCUT2D eigenvalue weighted by Gasteiger charge is 2.12. The van der Waals surface area contributed by atoms with E-state index in [0.29, 0.717) is 9.54 Å². The molecule has 0 spiro atoms. The molecule has 1 aromatic heterocycles. The summed E-state index contributed by atoms with van der Waals surface area (Å²) in [5.74, 6) is 0.804. The van der Waals surface area contributed by atoms with Gasteiger partial charge in [0.15, 0.2) is 4.77 Å². The van der Waals surface area contributed by atoms with Gasteiger partial charge in [0.05, 0.1) is 0 Å². The molecule has 0 atom stereocenters. The van der Waals surface area contributed by atoms with E-state index in [2.05, 4.69) is 19.9 Å². The number of hydrogen-bond acceptors (Lipinski definition) is 4. The summed E-state index contributed by atoms with van der Waals surface area (Å²) >= 11 is 9.99. The maximum atomic E-state index is 5.01. The predicted octanol–water partition coefficient (Wildman–Crippen LogP) is 2.19. The minimum absolute atomic E-state index is 0.453. The largest absolute Gasteiger partial charge is 0.342 e. The third kappa shape index (κ3) is 2.19. The molecule has 0 bridgehead atoms. The first kappa shape index (κ1) is 9.79. The summed E-state index contributed by atoms with van der Waals surface area (Å²) in [6.07, 6.45) is 3.73. The van der Waals surface area contributed by atoms with Gasteiger partial charge in [-0.05, 0) is 43.7 Å². The third-order valence-corrected chi connectivity index (χ3v) is 2.71. The Hall–Kier alpha value is -0.750. The molecule has 0 aliphatic carbocycles. The zero-order chi connectivity index (χ0) is 9.97. The van der Waals surface area contributed by atoms with Gasteiger partial charge in [0.1, 0.15) is 0 Å². The van der Waals surface area contributed by atoms with Crippen molar-refractivity contribution in [1.82, 2.24) is 15.0 Å². The van der Waals surface area contributed by atoms with Gasteiger partial charge in [0.2, 0.25) is 10.7 Å². The molecule has 2 heterocycles. The number of nitrogens with zero attached hydrogens (tertiary/aromatic N) is 2. The molecular formula is C8H12N4S2. The van der Waals surface area contributed by atoms with Crippen LogP contribution in [0.1, 0.15) is 19.3 Å². The summed E-state index contributed by atoms with van der Waals surface area (Å²) in [5, 5.41) is 0. The van der Waals surface area contributed by atoms with Crippen molar-refractivity contribution in [2.75, 3.05) is 18.0 Å². The first-order valence-corrected chi connectivity index (χ1v) is 5.53. The highest BCUT2D eigenvalue weighted by atomic mass is 32.1. The van der Waals surface area contributed by atoms with Crippen LogP contribution in [0.5, 0.6) is 0 Å². The number of H-pyrrole nitrogens is 2. The smallest absolute Gasteiger partial charge is 0.207 e. The number of nitrogens with one attached hydrogen (secondary N) is 2. The van der Waals surface area contributed by atoms with E-state index < -0.39 is 0 Å². The summed E-state index contributed by atoms with van der Waals surface area (Å²) < 4.78 is 1.000. The quantitative estimate of drug-likeness (QED) is 0.723. The van der Waals surface area contributed by atoms with Crippen LogP contribution in [0.2, 0.25) is 0 Å². The Kier molecular flexibility index (Phi) is 2.93. The molecule has 4 nitrogen and oxygen atoms in total. The molecule has 14 heavy (non-hydrogen) atoms. The van der Waals surface area contributed by atoms with Crippen LogP contribution in [-0.4, -0.2) is 28.0 Å². The Morgan fingerprint density at radius 1 is 1.07 bits per heavy atom. The second-order valence-electron chi connectivity index (χ2n) is 3.37. The van der Waals surface area contributed by atoms with Gasteiger partial charge in [-0.3, -0.25) is 0 Å². The Morgan fingerprint density at radius 3 is 2.43 bits per heavy atom. The van der Waals surface area contributed by atoms with E-state index in [9.17, 15) is 0 Å². The molecule has 0 aromatic carbocycles. The van der Waals surface area contributed by atoms with Crippen molar-refractivity contribution < 1.29 is 0 Å². The molecule has 0 amide bonds. The van der Waals surface area contributed by atoms with E-state index >= 15 is 0 Å². The van der Waals surface area contributed by atoms with Crippen molar-refractivity contribution in [1.29, 1.82) is 0 Å². The summed E-state index contributed by atoms with van der Waals surface area (Å²) in [4.78, 5) is 12.2. The zero-order valence-corrected chi connectivity index (χ0v) is 9.38. The highest BCUT2D eigenvalue weighted by Crippen LogP contribution is 2.14. The van der Waals surface area contributed by atoms with Crippen LogP contribution in [0, 0.1) is 9.54 Å². The number of anilines is 1. The number of piperidine rings is 1. The second kappa shape index (κ2) is 4.18. The predicted molar refractivity (Wildman–Crippen MR) is 60.7 cm³/mol. The number of aromatic amines is 2. The number of rotatable bonds is 1. The van der Waals surface area contributed by atoms with Crippen molar-refractivity contribution in [2.45, 2.75) is 19.3 Å². The summed E-state index contributed by atoms with van der Waals surface area (Å²) in [6, 6.07) is 0. The average Bonchev–Trinajstić information content (AvgIpc) is 2.18. The van der Waals surface area contributed by atoms with Crippen molar-refractivity contribution in [3.8, 4) is 0 Å². The Labute approximate surface area is 92.4 Å². The van der Waals surface area contributed by atoms with Crippen LogP contribution in [0.25, 0.3) is 0 Å². The van der Waals surface area contributed by atoms with E-state index in [0.717, 1.165) is 19.0 Å². The van der Waals surface area contributed by atoms with Gasteiger partial charge in [0.25, 0.3) is 0 Å². The monoisotopic (exact) mass is 228 g/mol. The molecule has 2 rings (SSSR count). The summed E-state index contributed by atoms with van der Waals surface area (Å²) in [6.45, 7) is 2.08. The van der Waals surface area contributed by atoms with E-state index in [1.807, 2.05) is 0 Å². The van der Waals surface area contributed by atoms with Crippen LogP contribution < -0.4 is 4.90 Å². The van der Waals surface area contributed by atoms with Crippen molar-refractivity contribution >= 4 is 30.4 Å². The maximum Gasteiger partial charge on any atom is 0.207 e. The highest BCUT2D eigenvalue weighted by molar-refractivity contribution is 7.71. The van der Waals surface area contributed by atoms with E-state index in [-0.39, 0.29) is 0 Å². The first-order chi connectivity index (χ1) is 6.75. The number of aromatic nitrogens is 3. The van der Waals surface area contributed by atoms with Gasteiger partial charge in [-0.15, -0.1) is 0 Å². The standard InChI is InChI=1S/C8H12N4S2/c13-7-9-6(10-8(14)11-7)12-4-2-1-3-5-12/h1-5H2,(H2,9,10,11,13,14). The fourth-order valence-corrected chi connectivity index (χ4v) is 2.08. The minimum Gasteiger partial charge on any atom is -0.342 e. The first-order valence-electron chi connectivity index (χ1n) is 4.71. The molecule has 6 heteroatoms. The van der Waals surface area contributed by atoms with E-state index in [4.69, 9.17) is 24.4 Å². The van der Waals surface area contributed by atoms with Crippen LogP contribution in [0.3, 0.4) is 0 Å². The SMILES string of the molecule is S=c1nc(N2CCCCC2)[nH]c(=S)[nH]1. The third-order valence-electron chi connectivity index (χ3n) is 2.31. The number of hydrogen-bond donors (Lipinski definition) is 2. The molecule has 2 N–H and O–H groups in total. The van der Waals surface area contributed by atoms with Crippen LogP contribution in [0.15, 0.2) is 0 Å². The zero-order valence-electron chi connectivity index (χ0n) is 7.75. The van der Waals surface area contributed by atoms with Gasteiger partial charge in [0, 0.05) is 13.1 Å². The van der Waals surface area contributed by atoms with Gasteiger partial charge in [-0.2, -0.15) is 4.98 Å². The Balaban J connectivity index is 2.30. The molecule has 1 saturated heterocycles. The van der Waals surface area contributed by atoms with E-state index in [1.165, 1.54) is 19.3 Å². The Morgan fingerprint density at radius 2 is 1.79 bits per heavy atom. The fraction of sp³-hybridized carbons (Fsp3) is 0.625. The van der Waals surface area contributed by atoms with Gasteiger partial charge in [-0.1, -0.05) is 0 Å². The lowest BCUT2D eigenvalue weighted by atomic mass is 10.1. The molecule has 1 aliphatic heterocycles. The van der Waals surface area contributed by atoms with Gasteiger partial charge in [-0.25, -0.2) is 0 Å². The normalized spacial score (nSPS) is 17.0. The topological polar surface area (TPSA) is 47.7 Å². The molecular weight excluding hydrogens is 216 g/mol. The van der Waals surface area contributed by atoms with Gasteiger partial charge < -0.3 is 14.9 Å².